The third kappa shape index (κ3) is 1.97. The van der Waals surface area contributed by atoms with Crippen molar-refractivity contribution in [3.8, 4) is 0 Å². The van der Waals surface area contributed by atoms with Crippen LogP contribution in [0.3, 0.4) is 0 Å². The summed E-state index contributed by atoms with van der Waals surface area (Å²) in [6.07, 6.45) is 1.12. The number of aromatic nitrogens is 3. The molecule has 0 aliphatic heterocycles. The van der Waals surface area contributed by atoms with Gasteiger partial charge in [-0.3, -0.25) is 4.79 Å². The zero-order valence-electron chi connectivity index (χ0n) is 8.08. The molecule has 6 nitrogen and oxygen atoms in total. The maximum Gasteiger partial charge on any atom is 0.277 e. The standard InChI is InChI=1S/C8H13N3O3/c1-8(2,3-12)6(13)7(14)11-5-9-4-10-11/h4-6,12-13H,3H2,1-2H3. The van der Waals surface area contributed by atoms with E-state index in [1.807, 2.05) is 0 Å². The zero-order valence-corrected chi connectivity index (χ0v) is 8.08. The maximum atomic E-state index is 11.5. The van der Waals surface area contributed by atoms with Gasteiger partial charge < -0.3 is 10.2 Å². The molecule has 6 heteroatoms. The van der Waals surface area contributed by atoms with Gasteiger partial charge in [0.1, 0.15) is 18.8 Å². The Bertz CT molecular complexity index is 308. The van der Waals surface area contributed by atoms with E-state index in [4.69, 9.17) is 5.11 Å². The first-order valence-corrected chi connectivity index (χ1v) is 4.17. The van der Waals surface area contributed by atoms with Crippen molar-refractivity contribution in [1.29, 1.82) is 0 Å². The van der Waals surface area contributed by atoms with Crippen LogP contribution in [0, 0.1) is 5.41 Å². The monoisotopic (exact) mass is 199 g/mol. The topological polar surface area (TPSA) is 88.2 Å². The van der Waals surface area contributed by atoms with Gasteiger partial charge in [-0.15, -0.1) is 0 Å². The molecule has 1 rings (SSSR count). The van der Waals surface area contributed by atoms with Gasteiger partial charge in [-0.2, -0.15) is 9.78 Å². The number of nitrogens with zero attached hydrogens (tertiary/aromatic N) is 3. The number of hydrogen-bond acceptors (Lipinski definition) is 5. The first-order valence-electron chi connectivity index (χ1n) is 4.17. The number of carbonyl (C=O) groups is 1. The molecule has 0 spiro atoms. The Labute approximate surface area is 81.2 Å². The lowest BCUT2D eigenvalue weighted by Crippen LogP contribution is -2.41. The summed E-state index contributed by atoms with van der Waals surface area (Å²) in [5, 5.41) is 22.2. The second-order valence-electron chi connectivity index (χ2n) is 3.73. The Morgan fingerprint density at radius 1 is 1.64 bits per heavy atom. The fourth-order valence-electron chi connectivity index (χ4n) is 0.868. The van der Waals surface area contributed by atoms with Crippen LogP contribution in [0.2, 0.25) is 0 Å². The average molecular weight is 199 g/mol. The van der Waals surface area contributed by atoms with Crippen molar-refractivity contribution in [3.05, 3.63) is 12.7 Å². The molecular weight excluding hydrogens is 186 g/mol. The Balaban J connectivity index is 2.81. The normalized spacial score (nSPS) is 14.0. The lowest BCUT2D eigenvalue weighted by molar-refractivity contribution is 0.00521. The highest BCUT2D eigenvalue weighted by molar-refractivity contribution is 5.82. The van der Waals surface area contributed by atoms with Gasteiger partial charge in [0.05, 0.1) is 6.61 Å². The van der Waals surface area contributed by atoms with Crippen LogP contribution in [0.5, 0.6) is 0 Å². The molecule has 0 aromatic carbocycles. The van der Waals surface area contributed by atoms with Crippen LogP contribution < -0.4 is 0 Å². The molecule has 78 valence electrons. The summed E-state index contributed by atoms with van der Waals surface area (Å²) in [6.45, 7) is 2.90. The van der Waals surface area contributed by atoms with E-state index in [-0.39, 0.29) is 6.61 Å². The second-order valence-corrected chi connectivity index (χ2v) is 3.73. The van der Waals surface area contributed by atoms with Gasteiger partial charge >= 0.3 is 0 Å². The van der Waals surface area contributed by atoms with Crippen molar-refractivity contribution >= 4 is 5.91 Å². The molecule has 2 N–H and O–H groups in total. The minimum atomic E-state index is -1.30. The summed E-state index contributed by atoms with van der Waals surface area (Å²) in [4.78, 5) is 15.1. The highest BCUT2D eigenvalue weighted by Crippen LogP contribution is 2.20. The summed E-state index contributed by atoms with van der Waals surface area (Å²) >= 11 is 0. The Morgan fingerprint density at radius 3 is 2.71 bits per heavy atom. The van der Waals surface area contributed by atoms with Gasteiger partial charge in [0.15, 0.2) is 0 Å². The number of rotatable bonds is 3. The van der Waals surface area contributed by atoms with E-state index in [0.29, 0.717) is 0 Å². The number of hydrogen-bond donors (Lipinski definition) is 2. The third-order valence-electron chi connectivity index (χ3n) is 2.03. The van der Waals surface area contributed by atoms with Crippen molar-refractivity contribution in [3.63, 3.8) is 0 Å². The molecule has 0 radical (unpaired) electrons. The fraction of sp³-hybridized carbons (Fsp3) is 0.625. The van der Waals surface area contributed by atoms with E-state index >= 15 is 0 Å². The van der Waals surface area contributed by atoms with Crippen LogP contribution in [0.1, 0.15) is 18.6 Å². The summed E-state index contributed by atoms with van der Waals surface area (Å²) in [6, 6.07) is 0. The molecule has 0 saturated carbocycles. The van der Waals surface area contributed by atoms with Crippen LogP contribution in [0.4, 0.5) is 0 Å². The highest BCUT2D eigenvalue weighted by atomic mass is 16.3. The van der Waals surface area contributed by atoms with Crippen LogP contribution in [-0.2, 0) is 0 Å². The molecule has 14 heavy (non-hydrogen) atoms. The number of carbonyl (C=O) groups excluding carboxylic acids is 1. The van der Waals surface area contributed by atoms with E-state index in [1.165, 1.54) is 12.7 Å². The van der Waals surface area contributed by atoms with Crippen molar-refractivity contribution in [2.75, 3.05) is 6.61 Å². The van der Waals surface area contributed by atoms with Gasteiger partial charge in [-0.25, -0.2) is 4.98 Å². The van der Waals surface area contributed by atoms with E-state index in [2.05, 4.69) is 10.1 Å². The van der Waals surface area contributed by atoms with Crippen LogP contribution >= 0.6 is 0 Å². The quantitative estimate of drug-likeness (QED) is 0.671. The highest BCUT2D eigenvalue weighted by Gasteiger charge is 2.34. The van der Waals surface area contributed by atoms with Crippen molar-refractivity contribution in [2.45, 2.75) is 20.0 Å². The van der Waals surface area contributed by atoms with E-state index < -0.39 is 17.4 Å². The lowest BCUT2D eigenvalue weighted by atomic mass is 9.87. The molecule has 1 aromatic rings. The van der Waals surface area contributed by atoms with E-state index in [1.54, 1.807) is 13.8 Å². The summed E-state index contributed by atoms with van der Waals surface area (Å²) < 4.78 is 0.947. The molecule has 1 aromatic heterocycles. The van der Waals surface area contributed by atoms with E-state index in [0.717, 1.165) is 4.68 Å². The van der Waals surface area contributed by atoms with E-state index in [9.17, 15) is 9.90 Å². The maximum absolute atomic E-state index is 11.5. The third-order valence-corrected chi connectivity index (χ3v) is 2.03. The minimum absolute atomic E-state index is 0.283. The molecule has 0 fully saturated rings. The fourth-order valence-corrected chi connectivity index (χ4v) is 0.868. The van der Waals surface area contributed by atoms with Gasteiger partial charge in [-0.05, 0) is 0 Å². The Kier molecular flexibility index (Phi) is 2.97. The lowest BCUT2D eigenvalue weighted by Gasteiger charge is -2.26. The van der Waals surface area contributed by atoms with Crippen molar-refractivity contribution < 1.29 is 15.0 Å². The predicted molar refractivity (Wildman–Crippen MR) is 47.5 cm³/mol. The molecule has 1 atom stereocenters. The minimum Gasteiger partial charge on any atom is -0.396 e. The smallest absolute Gasteiger partial charge is 0.277 e. The average Bonchev–Trinajstić information content (AvgIpc) is 2.68. The van der Waals surface area contributed by atoms with Crippen LogP contribution in [-0.4, -0.2) is 43.6 Å². The zero-order chi connectivity index (χ0) is 10.8. The van der Waals surface area contributed by atoms with Crippen molar-refractivity contribution in [1.82, 2.24) is 14.8 Å². The first kappa shape index (κ1) is 10.8. The molecule has 0 amide bonds. The molecule has 0 aliphatic carbocycles. The van der Waals surface area contributed by atoms with Gasteiger partial charge in [0.2, 0.25) is 0 Å². The Morgan fingerprint density at radius 2 is 2.29 bits per heavy atom. The number of aliphatic hydroxyl groups is 2. The predicted octanol–water partition coefficient (Wildman–Crippen LogP) is -0.702. The second kappa shape index (κ2) is 3.85. The largest absolute Gasteiger partial charge is 0.396 e. The summed E-state index contributed by atoms with van der Waals surface area (Å²) in [5.74, 6) is -0.596. The molecule has 0 saturated heterocycles. The van der Waals surface area contributed by atoms with Gasteiger partial charge in [0.25, 0.3) is 5.91 Å². The van der Waals surface area contributed by atoms with Crippen LogP contribution in [0.25, 0.3) is 0 Å². The van der Waals surface area contributed by atoms with Gasteiger partial charge in [0, 0.05) is 5.41 Å². The first-order chi connectivity index (χ1) is 6.49. The molecule has 1 unspecified atom stereocenters. The summed E-state index contributed by atoms with van der Waals surface area (Å²) in [7, 11) is 0. The molecular formula is C8H13N3O3. The molecule has 1 heterocycles. The number of aliphatic hydroxyl groups excluding tert-OH is 2. The van der Waals surface area contributed by atoms with Crippen molar-refractivity contribution in [2.24, 2.45) is 5.41 Å². The van der Waals surface area contributed by atoms with Gasteiger partial charge in [-0.1, -0.05) is 13.8 Å². The molecule has 0 aliphatic rings. The molecule has 0 bridgehead atoms. The SMILES string of the molecule is CC(C)(CO)C(O)C(=O)n1cncn1. The Hall–Kier alpha value is -1.27. The summed E-state index contributed by atoms with van der Waals surface area (Å²) in [5.41, 5.74) is -0.886. The van der Waals surface area contributed by atoms with Crippen LogP contribution in [0.15, 0.2) is 12.7 Å².